The summed E-state index contributed by atoms with van der Waals surface area (Å²) < 4.78 is 33.1. The lowest BCUT2D eigenvalue weighted by Gasteiger charge is -2.31. The zero-order valence-corrected chi connectivity index (χ0v) is 22.0. The van der Waals surface area contributed by atoms with Crippen LogP contribution in [0.15, 0.2) is 42.5 Å². The molecule has 0 aromatic heterocycles. The minimum atomic E-state index is -3.70. The highest BCUT2D eigenvalue weighted by molar-refractivity contribution is 7.88. The van der Waals surface area contributed by atoms with E-state index in [9.17, 15) is 18.0 Å². The van der Waals surface area contributed by atoms with Gasteiger partial charge in [0.15, 0.2) is 0 Å². The molecule has 2 aromatic rings. The van der Waals surface area contributed by atoms with Crippen molar-refractivity contribution in [3.05, 3.63) is 63.6 Å². The molecule has 2 amide bonds. The third-order valence-corrected chi connectivity index (χ3v) is 8.83. The van der Waals surface area contributed by atoms with Crippen molar-refractivity contribution in [3.63, 3.8) is 0 Å². The van der Waals surface area contributed by atoms with Gasteiger partial charge in [-0.2, -0.15) is 0 Å². The zero-order chi connectivity index (χ0) is 25.7. The average Bonchev–Trinajstić information content (AvgIpc) is 3.38. The van der Waals surface area contributed by atoms with Gasteiger partial charge < -0.3 is 15.4 Å². The number of amides is 2. The van der Waals surface area contributed by atoms with Crippen molar-refractivity contribution in [3.8, 4) is 0 Å². The molecule has 2 aliphatic rings. The second-order valence-electron chi connectivity index (χ2n) is 9.07. The predicted octanol–water partition coefficient (Wildman–Crippen LogP) is 4.08. The molecule has 0 saturated carbocycles. The standard InChI is InChI=1S/C25H29Cl2N3O5S/c26-19-10-9-18(22(27)13-19)16-36(33,34)30-11-3-5-17(15-30)24(31)29-23-8-2-1-7-21(23)25(32)28-14-20-6-4-12-35-20/h1-2,7-10,13,17,20H,3-6,11-12,14-16H2,(H,28,32)(H,29,31)/t17-,20+/m1/s1. The van der Waals surface area contributed by atoms with Crippen LogP contribution in [-0.4, -0.2) is 56.9 Å². The van der Waals surface area contributed by atoms with Crippen LogP contribution in [0.4, 0.5) is 5.69 Å². The number of halogens is 2. The van der Waals surface area contributed by atoms with Gasteiger partial charge in [-0.3, -0.25) is 9.59 Å². The molecule has 8 nitrogen and oxygen atoms in total. The highest BCUT2D eigenvalue weighted by Crippen LogP contribution is 2.27. The van der Waals surface area contributed by atoms with Crippen molar-refractivity contribution in [1.82, 2.24) is 9.62 Å². The maximum atomic E-state index is 13.1. The molecule has 11 heteroatoms. The van der Waals surface area contributed by atoms with E-state index in [1.165, 1.54) is 10.4 Å². The summed E-state index contributed by atoms with van der Waals surface area (Å²) in [5.74, 6) is -1.43. The third-order valence-electron chi connectivity index (χ3n) is 6.45. The summed E-state index contributed by atoms with van der Waals surface area (Å²) in [6, 6.07) is 11.5. The number of para-hydroxylation sites is 1. The fourth-order valence-electron chi connectivity index (χ4n) is 4.47. The molecule has 0 unspecified atom stereocenters. The van der Waals surface area contributed by atoms with Crippen LogP contribution < -0.4 is 10.6 Å². The van der Waals surface area contributed by atoms with Crippen LogP contribution in [0, 0.1) is 5.92 Å². The molecule has 4 rings (SSSR count). The largest absolute Gasteiger partial charge is 0.376 e. The molecule has 2 aliphatic heterocycles. The maximum absolute atomic E-state index is 13.1. The Kier molecular flexibility index (Phi) is 8.90. The van der Waals surface area contributed by atoms with Gasteiger partial charge in [0.05, 0.1) is 29.0 Å². The van der Waals surface area contributed by atoms with E-state index in [1.807, 2.05) is 0 Å². The van der Waals surface area contributed by atoms with Gasteiger partial charge in [0.1, 0.15) is 0 Å². The van der Waals surface area contributed by atoms with E-state index in [1.54, 1.807) is 36.4 Å². The van der Waals surface area contributed by atoms with Gasteiger partial charge in [-0.25, -0.2) is 12.7 Å². The van der Waals surface area contributed by atoms with Crippen LogP contribution in [0.3, 0.4) is 0 Å². The van der Waals surface area contributed by atoms with Crippen LogP contribution in [0.2, 0.25) is 10.0 Å². The quantitative estimate of drug-likeness (QED) is 0.512. The number of anilines is 1. The molecule has 194 valence electrons. The molecule has 0 spiro atoms. The van der Waals surface area contributed by atoms with Crippen molar-refractivity contribution in [2.24, 2.45) is 5.92 Å². The first-order chi connectivity index (χ1) is 17.2. The van der Waals surface area contributed by atoms with Crippen molar-refractivity contribution in [1.29, 1.82) is 0 Å². The Morgan fingerprint density at radius 3 is 2.64 bits per heavy atom. The highest BCUT2D eigenvalue weighted by Gasteiger charge is 2.33. The maximum Gasteiger partial charge on any atom is 0.253 e. The fourth-order valence-corrected chi connectivity index (χ4v) is 6.66. The van der Waals surface area contributed by atoms with E-state index in [0.29, 0.717) is 54.4 Å². The molecular formula is C25H29Cl2N3O5S. The van der Waals surface area contributed by atoms with Gasteiger partial charge in [-0.15, -0.1) is 0 Å². The van der Waals surface area contributed by atoms with Gasteiger partial charge in [0.2, 0.25) is 15.9 Å². The number of benzene rings is 2. The summed E-state index contributed by atoms with van der Waals surface area (Å²) in [6.45, 7) is 1.51. The Hall–Kier alpha value is -2.17. The van der Waals surface area contributed by atoms with Gasteiger partial charge in [-0.1, -0.05) is 41.4 Å². The first kappa shape index (κ1) is 26.9. The summed E-state index contributed by atoms with van der Waals surface area (Å²) in [7, 11) is -3.70. The Bertz CT molecular complexity index is 1220. The smallest absolute Gasteiger partial charge is 0.253 e. The van der Waals surface area contributed by atoms with E-state index in [0.717, 1.165) is 12.8 Å². The molecular weight excluding hydrogens is 525 g/mol. The SMILES string of the molecule is O=C(NC[C@@H]1CCCO1)c1ccccc1NC(=O)[C@@H]1CCCN(S(=O)(=O)Cc2ccc(Cl)cc2Cl)C1. The molecule has 2 N–H and O–H groups in total. The third kappa shape index (κ3) is 6.77. The van der Waals surface area contributed by atoms with E-state index in [-0.39, 0.29) is 35.2 Å². The van der Waals surface area contributed by atoms with E-state index in [2.05, 4.69) is 10.6 Å². The number of sulfonamides is 1. The number of rotatable bonds is 8. The summed E-state index contributed by atoms with van der Waals surface area (Å²) in [5.41, 5.74) is 1.19. The second kappa shape index (κ2) is 11.9. The molecule has 2 saturated heterocycles. The Morgan fingerprint density at radius 2 is 1.89 bits per heavy atom. The Morgan fingerprint density at radius 1 is 1.08 bits per heavy atom. The van der Waals surface area contributed by atoms with Crippen LogP contribution >= 0.6 is 23.2 Å². The first-order valence-corrected chi connectivity index (χ1v) is 14.3. The lowest BCUT2D eigenvalue weighted by molar-refractivity contribution is -0.120. The molecule has 2 atom stereocenters. The number of carbonyl (C=O) groups excluding carboxylic acids is 2. The molecule has 2 fully saturated rings. The molecule has 2 heterocycles. The number of nitrogens with zero attached hydrogens (tertiary/aromatic N) is 1. The Balaban J connectivity index is 1.39. The molecule has 36 heavy (non-hydrogen) atoms. The van der Waals surface area contributed by atoms with Crippen LogP contribution in [0.5, 0.6) is 0 Å². The van der Waals surface area contributed by atoms with Crippen LogP contribution in [0.25, 0.3) is 0 Å². The summed E-state index contributed by atoms with van der Waals surface area (Å²) in [5, 5.41) is 6.42. The molecule has 2 aromatic carbocycles. The lowest BCUT2D eigenvalue weighted by Crippen LogP contribution is -2.44. The van der Waals surface area contributed by atoms with E-state index < -0.39 is 15.9 Å². The van der Waals surface area contributed by atoms with Crippen molar-refractivity contribution in [2.45, 2.75) is 37.5 Å². The second-order valence-corrected chi connectivity index (χ2v) is 11.9. The zero-order valence-electron chi connectivity index (χ0n) is 19.7. The summed E-state index contributed by atoms with van der Waals surface area (Å²) in [4.78, 5) is 25.9. The molecule has 0 aliphatic carbocycles. The number of hydrogen-bond donors (Lipinski definition) is 2. The van der Waals surface area contributed by atoms with Gasteiger partial charge in [0, 0.05) is 36.3 Å². The number of piperidine rings is 1. The molecule has 0 radical (unpaired) electrons. The number of carbonyl (C=O) groups is 2. The summed E-state index contributed by atoms with van der Waals surface area (Å²) >= 11 is 12.1. The van der Waals surface area contributed by atoms with Gasteiger partial charge >= 0.3 is 0 Å². The van der Waals surface area contributed by atoms with Gasteiger partial charge in [-0.05, 0) is 55.5 Å². The highest BCUT2D eigenvalue weighted by atomic mass is 35.5. The predicted molar refractivity (Wildman–Crippen MR) is 140 cm³/mol. The van der Waals surface area contributed by atoms with E-state index in [4.69, 9.17) is 27.9 Å². The molecule has 0 bridgehead atoms. The summed E-state index contributed by atoms with van der Waals surface area (Å²) in [6.07, 6.45) is 2.99. The van der Waals surface area contributed by atoms with Gasteiger partial charge in [0.25, 0.3) is 5.91 Å². The van der Waals surface area contributed by atoms with Crippen LogP contribution in [-0.2, 0) is 25.3 Å². The van der Waals surface area contributed by atoms with Crippen molar-refractivity contribution in [2.75, 3.05) is 31.6 Å². The number of hydrogen-bond acceptors (Lipinski definition) is 5. The fraction of sp³-hybridized carbons (Fsp3) is 0.440. The average molecular weight is 554 g/mol. The van der Waals surface area contributed by atoms with Crippen molar-refractivity contribution < 1.29 is 22.7 Å². The minimum absolute atomic E-state index is 0.00799. The van der Waals surface area contributed by atoms with E-state index >= 15 is 0 Å². The van der Waals surface area contributed by atoms with Crippen molar-refractivity contribution >= 4 is 50.7 Å². The normalized spacial score (nSPS) is 20.7. The first-order valence-electron chi connectivity index (χ1n) is 11.9. The topological polar surface area (TPSA) is 105 Å². The monoisotopic (exact) mass is 553 g/mol. The van der Waals surface area contributed by atoms with Crippen LogP contribution in [0.1, 0.15) is 41.6 Å². The minimum Gasteiger partial charge on any atom is -0.376 e. The Labute approximate surface area is 221 Å². The number of ether oxygens (including phenoxy) is 1. The lowest BCUT2D eigenvalue weighted by atomic mass is 9.98. The number of nitrogens with one attached hydrogen (secondary N) is 2.